The minimum Gasteiger partial charge on any atom is -0.454 e. The summed E-state index contributed by atoms with van der Waals surface area (Å²) in [6.45, 7) is 3.63. The van der Waals surface area contributed by atoms with E-state index in [1.807, 2.05) is 18.2 Å². The van der Waals surface area contributed by atoms with E-state index in [-0.39, 0.29) is 11.6 Å². The third-order valence-electron chi connectivity index (χ3n) is 2.16. The molecule has 0 bridgehead atoms. The van der Waals surface area contributed by atoms with E-state index in [0.717, 1.165) is 5.56 Å². The summed E-state index contributed by atoms with van der Waals surface area (Å²) in [5.41, 5.74) is 0.826. The largest absolute Gasteiger partial charge is 0.454 e. The van der Waals surface area contributed by atoms with Crippen LogP contribution in [-0.4, -0.2) is 0 Å². The van der Waals surface area contributed by atoms with Crippen LogP contribution in [0.4, 0.5) is 4.39 Å². The van der Waals surface area contributed by atoms with Gasteiger partial charge in [0.1, 0.15) is 5.75 Å². The Kier molecular flexibility index (Phi) is 3.01. The number of rotatable bonds is 3. The van der Waals surface area contributed by atoms with Crippen LogP contribution in [0.1, 0.15) is 5.56 Å². The topological polar surface area (TPSA) is 9.23 Å². The first-order valence-electron chi connectivity index (χ1n) is 4.94. The third kappa shape index (κ3) is 2.28. The molecule has 0 unspecified atom stereocenters. The Morgan fingerprint density at radius 3 is 2.50 bits per heavy atom. The fraction of sp³-hybridized carbons (Fsp3) is 0. The summed E-state index contributed by atoms with van der Waals surface area (Å²) in [6.07, 6.45) is 1.65. The molecule has 0 aliphatic heterocycles. The van der Waals surface area contributed by atoms with E-state index >= 15 is 0 Å². The van der Waals surface area contributed by atoms with Crippen LogP contribution in [0.3, 0.4) is 0 Å². The van der Waals surface area contributed by atoms with Gasteiger partial charge in [0.25, 0.3) is 0 Å². The van der Waals surface area contributed by atoms with Gasteiger partial charge in [-0.2, -0.15) is 0 Å². The van der Waals surface area contributed by atoms with Crippen molar-refractivity contribution < 1.29 is 9.13 Å². The maximum absolute atomic E-state index is 13.4. The van der Waals surface area contributed by atoms with Crippen molar-refractivity contribution in [3.05, 3.63) is 66.5 Å². The lowest BCUT2D eigenvalue weighted by Crippen LogP contribution is -1.88. The van der Waals surface area contributed by atoms with Gasteiger partial charge in [-0.3, -0.25) is 0 Å². The summed E-state index contributed by atoms with van der Waals surface area (Å²) in [4.78, 5) is 0. The molecule has 2 heteroatoms. The van der Waals surface area contributed by atoms with Crippen LogP contribution < -0.4 is 4.74 Å². The van der Waals surface area contributed by atoms with E-state index in [0.29, 0.717) is 5.75 Å². The van der Waals surface area contributed by atoms with Crippen molar-refractivity contribution >= 4 is 6.08 Å². The normalized spacial score (nSPS) is 9.81. The lowest BCUT2D eigenvalue weighted by molar-refractivity contribution is 0.442. The molecular formula is C14H11FO. The number of benzene rings is 2. The van der Waals surface area contributed by atoms with E-state index in [1.165, 1.54) is 6.07 Å². The number of hydrogen-bond donors (Lipinski definition) is 0. The van der Waals surface area contributed by atoms with Gasteiger partial charge in [-0.05, 0) is 29.8 Å². The maximum atomic E-state index is 13.4. The highest BCUT2D eigenvalue weighted by molar-refractivity contribution is 5.50. The molecular weight excluding hydrogens is 203 g/mol. The van der Waals surface area contributed by atoms with E-state index in [2.05, 4.69) is 6.58 Å². The lowest BCUT2D eigenvalue weighted by Gasteiger charge is -2.07. The molecule has 0 amide bonds. The first-order valence-corrected chi connectivity index (χ1v) is 4.94. The molecule has 0 heterocycles. The molecule has 1 nitrogen and oxygen atoms in total. The van der Waals surface area contributed by atoms with Crippen molar-refractivity contribution in [3.8, 4) is 11.5 Å². The summed E-state index contributed by atoms with van der Waals surface area (Å²) in [6, 6.07) is 13.8. The van der Waals surface area contributed by atoms with Crippen molar-refractivity contribution in [2.75, 3.05) is 0 Å². The number of hydrogen-bond acceptors (Lipinski definition) is 1. The average Bonchev–Trinajstić information content (AvgIpc) is 2.33. The average molecular weight is 214 g/mol. The zero-order valence-corrected chi connectivity index (χ0v) is 8.69. The van der Waals surface area contributed by atoms with Crippen LogP contribution >= 0.6 is 0 Å². The van der Waals surface area contributed by atoms with Crippen LogP contribution in [0.5, 0.6) is 11.5 Å². The first-order chi connectivity index (χ1) is 7.79. The van der Waals surface area contributed by atoms with Gasteiger partial charge in [0.2, 0.25) is 0 Å². The fourth-order valence-electron chi connectivity index (χ4n) is 1.34. The van der Waals surface area contributed by atoms with Gasteiger partial charge in [-0.1, -0.05) is 36.9 Å². The fourth-order valence-corrected chi connectivity index (χ4v) is 1.34. The SMILES string of the molecule is C=Cc1ccc(F)c(Oc2ccccc2)c1. The van der Waals surface area contributed by atoms with Crippen LogP contribution in [0.15, 0.2) is 55.1 Å². The molecule has 2 aromatic carbocycles. The van der Waals surface area contributed by atoms with E-state index < -0.39 is 0 Å². The Balaban J connectivity index is 2.30. The van der Waals surface area contributed by atoms with Crippen LogP contribution in [0, 0.1) is 5.82 Å². The zero-order valence-electron chi connectivity index (χ0n) is 8.69. The number of para-hydroxylation sites is 1. The third-order valence-corrected chi connectivity index (χ3v) is 2.16. The van der Waals surface area contributed by atoms with Crippen molar-refractivity contribution in [2.24, 2.45) is 0 Å². The van der Waals surface area contributed by atoms with Gasteiger partial charge in [0, 0.05) is 0 Å². The molecule has 2 rings (SSSR count). The highest BCUT2D eigenvalue weighted by atomic mass is 19.1. The second kappa shape index (κ2) is 4.62. The van der Waals surface area contributed by atoms with E-state index in [9.17, 15) is 4.39 Å². The molecule has 16 heavy (non-hydrogen) atoms. The Labute approximate surface area is 93.8 Å². The van der Waals surface area contributed by atoms with Gasteiger partial charge in [0.15, 0.2) is 11.6 Å². The molecule has 0 N–H and O–H groups in total. The van der Waals surface area contributed by atoms with Crippen LogP contribution in [-0.2, 0) is 0 Å². The summed E-state index contributed by atoms with van der Waals surface area (Å²) in [7, 11) is 0. The second-order valence-corrected chi connectivity index (χ2v) is 3.31. The van der Waals surface area contributed by atoms with E-state index in [4.69, 9.17) is 4.74 Å². The Morgan fingerprint density at radius 2 is 1.81 bits per heavy atom. The molecule has 0 saturated heterocycles. The summed E-state index contributed by atoms with van der Waals surface area (Å²) in [5, 5.41) is 0. The molecule has 0 radical (unpaired) electrons. The highest BCUT2D eigenvalue weighted by Crippen LogP contribution is 2.25. The van der Waals surface area contributed by atoms with Gasteiger partial charge in [-0.25, -0.2) is 4.39 Å². The predicted molar refractivity (Wildman–Crippen MR) is 63.0 cm³/mol. The molecule has 0 aliphatic carbocycles. The Hall–Kier alpha value is -2.09. The number of ether oxygens (including phenoxy) is 1. The van der Waals surface area contributed by atoms with Crippen molar-refractivity contribution in [2.45, 2.75) is 0 Å². The lowest BCUT2D eigenvalue weighted by atomic mass is 10.2. The molecule has 2 aromatic rings. The molecule has 0 spiro atoms. The predicted octanol–water partition coefficient (Wildman–Crippen LogP) is 4.26. The summed E-state index contributed by atoms with van der Waals surface area (Å²) >= 11 is 0. The standard InChI is InChI=1S/C14H11FO/c1-2-11-8-9-13(15)14(10-11)16-12-6-4-3-5-7-12/h2-10H,1H2. The molecule has 80 valence electrons. The summed E-state index contributed by atoms with van der Waals surface area (Å²) < 4.78 is 18.9. The number of halogens is 1. The molecule has 0 aliphatic rings. The first kappa shape index (κ1) is 10.4. The molecule has 0 aromatic heterocycles. The minimum absolute atomic E-state index is 0.212. The zero-order chi connectivity index (χ0) is 11.4. The van der Waals surface area contributed by atoms with Gasteiger partial charge < -0.3 is 4.74 Å². The second-order valence-electron chi connectivity index (χ2n) is 3.31. The van der Waals surface area contributed by atoms with E-state index in [1.54, 1.807) is 30.3 Å². The maximum Gasteiger partial charge on any atom is 0.165 e. The van der Waals surface area contributed by atoms with Crippen molar-refractivity contribution in [1.29, 1.82) is 0 Å². The minimum atomic E-state index is -0.380. The Morgan fingerprint density at radius 1 is 1.06 bits per heavy atom. The monoisotopic (exact) mass is 214 g/mol. The molecule has 0 atom stereocenters. The molecule has 0 saturated carbocycles. The smallest absolute Gasteiger partial charge is 0.165 e. The van der Waals surface area contributed by atoms with Gasteiger partial charge in [-0.15, -0.1) is 0 Å². The van der Waals surface area contributed by atoms with Gasteiger partial charge >= 0.3 is 0 Å². The Bertz CT molecular complexity index is 491. The quantitative estimate of drug-likeness (QED) is 0.741. The van der Waals surface area contributed by atoms with Crippen LogP contribution in [0.25, 0.3) is 6.08 Å². The van der Waals surface area contributed by atoms with Gasteiger partial charge in [0.05, 0.1) is 0 Å². The van der Waals surface area contributed by atoms with Crippen molar-refractivity contribution in [1.82, 2.24) is 0 Å². The summed E-state index contributed by atoms with van der Waals surface area (Å²) in [5.74, 6) is 0.445. The molecule has 0 fully saturated rings. The highest BCUT2D eigenvalue weighted by Gasteiger charge is 2.04. The van der Waals surface area contributed by atoms with Crippen LogP contribution in [0.2, 0.25) is 0 Å². The van der Waals surface area contributed by atoms with Crippen molar-refractivity contribution in [3.63, 3.8) is 0 Å².